The monoisotopic (exact) mass is 318 g/mol. The van der Waals surface area contributed by atoms with Crippen molar-refractivity contribution in [3.05, 3.63) is 28.8 Å². The summed E-state index contributed by atoms with van der Waals surface area (Å²) in [6.45, 7) is 7.15. The van der Waals surface area contributed by atoms with E-state index in [0.717, 1.165) is 5.56 Å². The van der Waals surface area contributed by atoms with Crippen LogP contribution in [0.3, 0.4) is 0 Å². The Kier molecular flexibility index (Phi) is 6.45. The van der Waals surface area contributed by atoms with Gasteiger partial charge in [0, 0.05) is 18.1 Å². The van der Waals surface area contributed by atoms with E-state index in [2.05, 4.69) is 23.9 Å². The molecule has 20 heavy (non-hydrogen) atoms. The van der Waals surface area contributed by atoms with Gasteiger partial charge in [0.25, 0.3) is 0 Å². The molecule has 0 fully saturated rings. The summed E-state index contributed by atoms with van der Waals surface area (Å²) in [7, 11) is -1.69. The summed E-state index contributed by atoms with van der Waals surface area (Å²) in [5.74, 6) is 0.719. The van der Waals surface area contributed by atoms with Crippen LogP contribution in [0.2, 0.25) is 5.02 Å². The first-order chi connectivity index (χ1) is 9.27. The maximum atomic E-state index is 12.3. The van der Waals surface area contributed by atoms with E-state index in [9.17, 15) is 8.42 Å². The van der Waals surface area contributed by atoms with Crippen molar-refractivity contribution in [1.82, 2.24) is 10.0 Å². The molecule has 0 aliphatic heterocycles. The van der Waals surface area contributed by atoms with E-state index in [1.54, 1.807) is 19.2 Å². The second-order valence-corrected chi connectivity index (χ2v) is 7.53. The molecule has 0 aliphatic rings. The van der Waals surface area contributed by atoms with Crippen molar-refractivity contribution >= 4 is 21.6 Å². The molecule has 0 aliphatic carbocycles. The highest BCUT2D eigenvalue weighted by Gasteiger charge is 2.17. The minimum Gasteiger partial charge on any atom is -0.316 e. The first-order valence-electron chi connectivity index (χ1n) is 6.70. The van der Waals surface area contributed by atoms with Gasteiger partial charge in [-0.3, -0.25) is 0 Å². The number of hydrogen-bond donors (Lipinski definition) is 2. The topological polar surface area (TPSA) is 58.2 Å². The molecule has 1 rings (SSSR count). The van der Waals surface area contributed by atoms with Crippen LogP contribution >= 0.6 is 11.6 Å². The summed E-state index contributed by atoms with van der Waals surface area (Å²) >= 11 is 6.04. The van der Waals surface area contributed by atoms with Gasteiger partial charge >= 0.3 is 0 Å². The quantitative estimate of drug-likeness (QED) is 0.812. The third-order valence-electron chi connectivity index (χ3n) is 3.43. The van der Waals surface area contributed by atoms with Crippen LogP contribution in [-0.2, 0) is 16.6 Å². The molecule has 1 atom stereocenters. The van der Waals surface area contributed by atoms with Crippen molar-refractivity contribution in [2.24, 2.45) is 11.8 Å². The predicted molar refractivity (Wildman–Crippen MR) is 83.4 cm³/mol. The number of sulfonamides is 1. The highest BCUT2D eigenvalue weighted by atomic mass is 35.5. The van der Waals surface area contributed by atoms with Gasteiger partial charge in [-0.2, -0.15) is 0 Å². The Hall–Kier alpha value is -0.620. The molecular weight excluding hydrogens is 296 g/mol. The Bertz CT molecular complexity index is 544. The van der Waals surface area contributed by atoms with Gasteiger partial charge in [0.1, 0.15) is 0 Å². The molecule has 0 saturated carbocycles. The summed E-state index contributed by atoms with van der Waals surface area (Å²) in [5.41, 5.74) is 0.772. The van der Waals surface area contributed by atoms with Gasteiger partial charge < -0.3 is 5.32 Å². The van der Waals surface area contributed by atoms with Crippen LogP contribution < -0.4 is 10.0 Å². The smallest absolute Gasteiger partial charge is 0.240 e. The molecule has 0 spiro atoms. The van der Waals surface area contributed by atoms with Crippen molar-refractivity contribution in [2.45, 2.75) is 32.2 Å². The van der Waals surface area contributed by atoms with Gasteiger partial charge in [-0.1, -0.05) is 32.4 Å². The zero-order chi connectivity index (χ0) is 15.3. The second kappa shape index (κ2) is 7.41. The lowest BCUT2D eigenvalue weighted by Gasteiger charge is -2.16. The Morgan fingerprint density at radius 1 is 1.25 bits per heavy atom. The number of hydrogen-bond acceptors (Lipinski definition) is 3. The SMILES string of the molecule is CNCc1cc(S(=O)(=O)NCC(C)C(C)C)ccc1Cl. The van der Waals surface area contributed by atoms with Gasteiger partial charge in [0.15, 0.2) is 0 Å². The van der Waals surface area contributed by atoms with Crippen LogP contribution in [0.4, 0.5) is 0 Å². The zero-order valence-corrected chi connectivity index (χ0v) is 14.0. The van der Waals surface area contributed by atoms with Crippen LogP contribution in [0.25, 0.3) is 0 Å². The fourth-order valence-corrected chi connectivity index (χ4v) is 2.98. The average molecular weight is 319 g/mol. The van der Waals surface area contributed by atoms with E-state index < -0.39 is 10.0 Å². The van der Waals surface area contributed by atoms with Crippen molar-refractivity contribution in [3.8, 4) is 0 Å². The first kappa shape index (κ1) is 17.4. The van der Waals surface area contributed by atoms with E-state index in [1.165, 1.54) is 6.07 Å². The van der Waals surface area contributed by atoms with Crippen molar-refractivity contribution < 1.29 is 8.42 Å². The Morgan fingerprint density at radius 2 is 1.90 bits per heavy atom. The van der Waals surface area contributed by atoms with Crippen molar-refractivity contribution in [2.75, 3.05) is 13.6 Å². The summed E-state index contributed by atoms with van der Waals surface area (Å²) in [6.07, 6.45) is 0. The molecule has 1 aromatic rings. The summed E-state index contributed by atoms with van der Waals surface area (Å²) in [5, 5.41) is 3.53. The Balaban J connectivity index is 2.90. The second-order valence-electron chi connectivity index (χ2n) is 5.36. The van der Waals surface area contributed by atoms with Crippen LogP contribution in [0.5, 0.6) is 0 Å². The Labute approximate surface area is 127 Å². The third kappa shape index (κ3) is 4.74. The number of nitrogens with one attached hydrogen (secondary N) is 2. The van der Waals surface area contributed by atoms with E-state index in [1.807, 2.05) is 6.92 Å². The summed E-state index contributed by atoms with van der Waals surface area (Å²) in [6, 6.07) is 4.76. The molecule has 114 valence electrons. The molecule has 1 aromatic carbocycles. The molecule has 2 N–H and O–H groups in total. The largest absolute Gasteiger partial charge is 0.316 e. The van der Waals surface area contributed by atoms with Crippen LogP contribution in [0, 0.1) is 11.8 Å². The van der Waals surface area contributed by atoms with Gasteiger partial charge in [0.05, 0.1) is 4.90 Å². The van der Waals surface area contributed by atoms with Crippen LogP contribution in [0.15, 0.2) is 23.1 Å². The molecule has 0 radical (unpaired) electrons. The lowest BCUT2D eigenvalue weighted by molar-refractivity contribution is 0.414. The average Bonchev–Trinajstić information content (AvgIpc) is 2.38. The first-order valence-corrected chi connectivity index (χ1v) is 8.56. The highest BCUT2D eigenvalue weighted by Crippen LogP contribution is 2.20. The van der Waals surface area contributed by atoms with E-state index in [-0.39, 0.29) is 10.8 Å². The van der Waals surface area contributed by atoms with E-state index >= 15 is 0 Å². The Morgan fingerprint density at radius 3 is 2.45 bits per heavy atom. The van der Waals surface area contributed by atoms with Gasteiger partial charge in [0.2, 0.25) is 10.0 Å². The molecular formula is C14H23ClN2O2S. The molecule has 0 heterocycles. The standard InChI is InChI=1S/C14H23ClN2O2S/c1-10(2)11(3)8-17-20(18,19)13-5-6-14(15)12(7-13)9-16-4/h5-7,10-11,16-17H,8-9H2,1-4H3. The summed E-state index contributed by atoms with van der Waals surface area (Å²) in [4.78, 5) is 0.253. The molecule has 0 amide bonds. The third-order valence-corrected chi connectivity index (χ3v) is 5.22. The lowest BCUT2D eigenvalue weighted by atomic mass is 9.99. The normalized spacial score (nSPS) is 13.7. The number of halogens is 1. The fraction of sp³-hybridized carbons (Fsp3) is 0.571. The number of rotatable bonds is 7. The van der Waals surface area contributed by atoms with Crippen molar-refractivity contribution in [1.29, 1.82) is 0 Å². The summed E-state index contributed by atoms with van der Waals surface area (Å²) < 4.78 is 27.2. The maximum absolute atomic E-state index is 12.3. The van der Waals surface area contributed by atoms with Crippen LogP contribution in [-0.4, -0.2) is 22.0 Å². The van der Waals surface area contributed by atoms with E-state index in [4.69, 9.17) is 11.6 Å². The molecule has 1 unspecified atom stereocenters. The van der Waals surface area contributed by atoms with Gasteiger partial charge in [-0.05, 0) is 42.6 Å². The fourth-order valence-electron chi connectivity index (χ4n) is 1.60. The molecule has 6 heteroatoms. The predicted octanol–water partition coefficient (Wildman–Crippen LogP) is 2.63. The van der Waals surface area contributed by atoms with Crippen molar-refractivity contribution in [3.63, 3.8) is 0 Å². The van der Waals surface area contributed by atoms with Gasteiger partial charge in [-0.15, -0.1) is 0 Å². The molecule has 0 bridgehead atoms. The molecule has 4 nitrogen and oxygen atoms in total. The minimum absolute atomic E-state index is 0.253. The van der Waals surface area contributed by atoms with E-state index in [0.29, 0.717) is 24.0 Å². The minimum atomic E-state index is -3.48. The lowest BCUT2D eigenvalue weighted by Crippen LogP contribution is -2.30. The van der Waals surface area contributed by atoms with Gasteiger partial charge in [-0.25, -0.2) is 13.1 Å². The highest BCUT2D eigenvalue weighted by molar-refractivity contribution is 7.89. The maximum Gasteiger partial charge on any atom is 0.240 e. The molecule has 0 aromatic heterocycles. The zero-order valence-electron chi connectivity index (χ0n) is 12.4. The molecule has 0 saturated heterocycles. The number of benzene rings is 1. The van der Waals surface area contributed by atoms with Crippen LogP contribution in [0.1, 0.15) is 26.3 Å².